The third kappa shape index (κ3) is 2.75. The molecule has 90 valence electrons. The first-order valence-electron chi connectivity index (χ1n) is 6.22. The fraction of sp³-hybridized carbons (Fsp3) is 0.923. The van der Waals surface area contributed by atoms with Crippen LogP contribution in [0.5, 0.6) is 0 Å². The van der Waals surface area contributed by atoms with Crippen molar-refractivity contribution in [2.24, 2.45) is 5.41 Å². The summed E-state index contributed by atoms with van der Waals surface area (Å²) in [6.07, 6.45) is 3.49. The van der Waals surface area contributed by atoms with Crippen molar-refractivity contribution in [3.05, 3.63) is 0 Å². The lowest BCUT2D eigenvalue weighted by molar-refractivity contribution is -0.131. The highest BCUT2D eigenvalue weighted by Crippen LogP contribution is 2.49. The zero-order valence-electron chi connectivity index (χ0n) is 10.6. The van der Waals surface area contributed by atoms with E-state index in [1.165, 1.54) is 12.8 Å². The highest BCUT2D eigenvalue weighted by molar-refractivity contribution is 5.02. The Labute approximate surface area is 98.4 Å². The Morgan fingerprint density at radius 3 is 2.62 bits per heavy atom. The maximum atomic E-state index is 8.83. The average Bonchev–Trinajstić information content (AvgIpc) is 2.81. The quantitative estimate of drug-likeness (QED) is 0.734. The summed E-state index contributed by atoms with van der Waals surface area (Å²) in [7, 11) is 0. The second-order valence-corrected chi connectivity index (χ2v) is 6.19. The number of morpholine rings is 1. The summed E-state index contributed by atoms with van der Waals surface area (Å²) < 4.78 is 5.89. The van der Waals surface area contributed by atoms with Gasteiger partial charge in [0, 0.05) is 26.1 Å². The first-order valence-corrected chi connectivity index (χ1v) is 6.22. The molecule has 0 aromatic rings. The largest absolute Gasteiger partial charge is 0.370 e. The zero-order valence-corrected chi connectivity index (χ0v) is 10.6. The van der Waals surface area contributed by atoms with E-state index in [-0.39, 0.29) is 5.60 Å². The van der Waals surface area contributed by atoms with Gasteiger partial charge in [-0.15, -0.1) is 0 Å². The SMILES string of the molecule is CC1CN(CC2(CC#N)CC2)CC(C)(C)O1. The van der Waals surface area contributed by atoms with E-state index in [0.29, 0.717) is 11.5 Å². The van der Waals surface area contributed by atoms with Crippen molar-refractivity contribution < 1.29 is 4.74 Å². The van der Waals surface area contributed by atoms with Crippen LogP contribution in [0.2, 0.25) is 0 Å². The lowest BCUT2D eigenvalue weighted by Crippen LogP contribution is -2.53. The molecule has 0 amide bonds. The monoisotopic (exact) mass is 222 g/mol. The lowest BCUT2D eigenvalue weighted by atomic mass is 9.99. The van der Waals surface area contributed by atoms with Crippen LogP contribution in [0.4, 0.5) is 0 Å². The molecule has 3 heteroatoms. The van der Waals surface area contributed by atoms with Crippen molar-refractivity contribution in [3.8, 4) is 6.07 Å². The summed E-state index contributed by atoms with van der Waals surface area (Å²) >= 11 is 0. The Hall–Kier alpha value is -0.590. The third-order valence-electron chi connectivity index (χ3n) is 3.61. The fourth-order valence-electron chi connectivity index (χ4n) is 2.92. The average molecular weight is 222 g/mol. The van der Waals surface area contributed by atoms with E-state index < -0.39 is 0 Å². The molecule has 1 aliphatic heterocycles. The molecule has 1 aliphatic carbocycles. The molecule has 0 aromatic heterocycles. The predicted octanol–water partition coefficient (Wildman–Crippen LogP) is 2.18. The Morgan fingerprint density at radius 1 is 1.44 bits per heavy atom. The van der Waals surface area contributed by atoms with Crippen LogP contribution in [0, 0.1) is 16.7 Å². The maximum Gasteiger partial charge on any atom is 0.0757 e. The molecule has 1 unspecified atom stereocenters. The standard InChI is InChI=1S/C13H22N2O/c1-11-8-15(9-12(2,3)16-11)10-13(4-5-13)6-7-14/h11H,4-6,8-10H2,1-3H3. The van der Waals surface area contributed by atoms with Crippen LogP contribution < -0.4 is 0 Å². The van der Waals surface area contributed by atoms with E-state index in [9.17, 15) is 0 Å². The molecule has 2 aliphatic rings. The van der Waals surface area contributed by atoms with Crippen LogP contribution in [-0.4, -0.2) is 36.2 Å². The molecule has 2 rings (SSSR count). The van der Waals surface area contributed by atoms with Crippen LogP contribution in [0.25, 0.3) is 0 Å². The number of rotatable bonds is 3. The molecule has 2 fully saturated rings. The third-order valence-corrected chi connectivity index (χ3v) is 3.61. The summed E-state index contributed by atoms with van der Waals surface area (Å²) in [6, 6.07) is 2.33. The molecular weight excluding hydrogens is 200 g/mol. The van der Waals surface area contributed by atoms with Crippen molar-refractivity contribution in [2.45, 2.75) is 51.7 Å². The van der Waals surface area contributed by atoms with Gasteiger partial charge < -0.3 is 4.74 Å². The van der Waals surface area contributed by atoms with E-state index in [1.54, 1.807) is 0 Å². The van der Waals surface area contributed by atoms with Gasteiger partial charge in [-0.05, 0) is 39.0 Å². The Morgan fingerprint density at radius 2 is 2.12 bits per heavy atom. The van der Waals surface area contributed by atoms with Gasteiger partial charge in [0.05, 0.1) is 17.8 Å². The molecular formula is C13H22N2O. The normalized spacial score (nSPS) is 32.0. The van der Waals surface area contributed by atoms with Gasteiger partial charge in [0.2, 0.25) is 0 Å². The topological polar surface area (TPSA) is 36.3 Å². The molecule has 1 heterocycles. The van der Waals surface area contributed by atoms with Crippen LogP contribution in [-0.2, 0) is 4.74 Å². The molecule has 16 heavy (non-hydrogen) atoms. The van der Waals surface area contributed by atoms with Gasteiger partial charge >= 0.3 is 0 Å². The number of nitriles is 1. The first-order chi connectivity index (χ1) is 7.45. The van der Waals surface area contributed by atoms with Crippen molar-refractivity contribution in [3.63, 3.8) is 0 Å². The molecule has 3 nitrogen and oxygen atoms in total. The molecule has 0 spiro atoms. The second-order valence-electron chi connectivity index (χ2n) is 6.19. The lowest BCUT2D eigenvalue weighted by Gasteiger charge is -2.42. The molecule has 1 saturated heterocycles. The minimum atomic E-state index is -0.0413. The van der Waals surface area contributed by atoms with Crippen LogP contribution in [0.3, 0.4) is 0 Å². The Bertz CT molecular complexity index is 302. The molecule has 0 bridgehead atoms. The molecule has 1 saturated carbocycles. The van der Waals surface area contributed by atoms with Crippen molar-refractivity contribution in [1.82, 2.24) is 4.90 Å². The summed E-state index contributed by atoms with van der Waals surface area (Å²) in [5.74, 6) is 0. The van der Waals surface area contributed by atoms with E-state index in [0.717, 1.165) is 26.1 Å². The van der Waals surface area contributed by atoms with Gasteiger partial charge in [-0.25, -0.2) is 0 Å². The molecule has 1 atom stereocenters. The first kappa shape index (κ1) is 11.9. The number of ether oxygens (including phenoxy) is 1. The minimum absolute atomic E-state index is 0.0413. The van der Waals surface area contributed by atoms with Crippen LogP contribution >= 0.6 is 0 Å². The highest BCUT2D eigenvalue weighted by atomic mass is 16.5. The maximum absolute atomic E-state index is 8.83. The smallest absolute Gasteiger partial charge is 0.0757 e. The van der Waals surface area contributed by atoms with Gasteiger partial charge in [0.1, 0.15) is 0 Å². The summed E-state index contributed by atoms with van der Waals surface area (Å²) in [4.78, 5) is 2.48. The number of hydrogen-bond acceptors (Lipinski definition) is 3. The van der Waals surface area contributed by atoms with Gasteiger partial charge in [0.15, 0.2) is 0 Å². The fourth-order valence-corrected chi connectivity index (χ4v) is 2.92. The van der Waals surface area contributed by atoms with E-state index >= 15 is 0 Å². The summed E-state index contributed by atoms with van der Waals surface area (Å²) in [5.41, 5.74) is 0.280. The minimum Gasteiger partial charge on any atom is -0.370 e. The van der Waals surface area contributed by atoms with Crippen LogP contribution in [0.1, 0.15) is 40.0 Å². The Balaban J connectivity index is 1.93. The molecule has 0 radical (unpaired) electrons. The predicted molar refractivity (Wildman–Crippen MR) is 63.0 cm³/mol. The van der Waals surface area contributed by atoms with Gasteiger partial charge in [0.25, 0.3) is 0 Å². The van der Waals surface area contributed by atoms with Gasteiger partial charge in [-0.3, -0.25) is 4.90 Å². The van der Waals surface area contributed by atoms with Gasteiger partial charge in [-0.2, -0.15) is 5.26 Å². The van der Waals surface area contributed by atoms with Crippen molar-refractivity contribution in [2.75, 3.05) is 19.6 Å². The molecule has 0 aromatic carbocycles. The Kier molecular flexibility index (Phi) is 2.98. The van der Waals surface area contributed by atoms with Gasteiger partial charge in [-0.1, -0.05) is 0 Å². The van der Waals surface area contributed by atoms with Crippen LogP contribution in [0.15, 0.2) is 0 Å². The number of nitrogens with zero attached hydrogens (tertiary/aromatic N) is 2. The second kappa shape index (κ2) is 4.01. The van der Waals surface area contributed by atoms with E-state index in [1.807, 2.05) is 0 Å². The van der Waals surface area contributed by atoms with E-state index in [2.05, 4.69) is 31.7 Å². The summed E-state index contributed by atoms with van der Waals surface area (Å²) in [6.45, 7) is 9.52. The molecule has 0 N–H and O–H groups in total. The number of hydrogen-bond donors (Lipinski definition) is 0. The summed E-state index contributed by atoms with van der Waals surface area (Å²) in [5, 5.41) is 8.83. The van der Waals surface area contributed by atoms with Crippen molar-refractivity contribution >= 4 is 0 Å². The van der Waals surface area contributed by atoms with Crippen molar-refractivity contribution in [1.29, 1.82) is 5.26 Å². The highest BCUT2D eigenvalue weighted by Gasteiger charge is 2.45. The van der Waals surface area contributed by atoms with E-state index in [4.69, 9.17) is 10.00 Å². The zero-order chi connectivity index (χ0) is 11.8.